The molecule has 5 atom stereocenters. The van der Waals surface area contributed by atoms with Crippen molar-refractivity contribution in [2.75, 3.05) is 19.5 Å². The van der Waals surface area contributed by atoms with E-state index in [1.54, 1.807) is 6.92 Å². The van der Waals surface area contributed by atoms with Crippen LogP contribution in [-0.4, -0.2) is 62.8 Å². The SMILES string of the molecule is COC(C)O[C@@H]1[C@H](OP(O)(O)=S)[C@@H](CO)O[C@H]1n1ccc(N)nc1=O. The fourth-order valence-electron chi connectivity index (χ4n) is 2.41. The zero-order valence-electron chi connectivity index (χ0n) is 13.5. The average Bonchev–Trinajstić information content (AvgIpc) is 2.83. The van der Waals surface area contributed by atoms with Crippen LogP contribution < -0.4 is 11.4 Å². The largest absolute Gasteiger partial charge is 0.394 e. The molecule has 2 rings (SSSR count). The number of nitrogen functional groups attached to an aromatic ring is 1. The molecule has 13 heteroatoms. The highest BCUT2D eigenvalue weighted by atomic mass is 32.5. The number of ether oxygens (including phenoxy) is 3. The molecule has 1 fully saturated rings. The van der Waals surface area contributed by atoms with Crippen molar-refractivity contribution in [3.05, 3.63) is 22.7 Å². The third kappa shape index (κ3) is 5.03. The van der Waals surface area contributed by atoms with Gasteiger partial charge >= 0.3 is 12.4 Å². The Kier molecular flexibility index (Phi) is 6.65. The first-order valence-corrected chi connectivity index (χ1v) is 9.82. The summed E-state index contributed by atoms with van der Waals surface area (Å²) in [6.45, 7) is -3.05. The van der Waals surface area contributed by atoms with E-state index in [1.807, 2.05) is 0 Å². The van der Waals surface area contributed by atoms with Gasteiger partial charge in [-0.15, -0.1) is 0 Å². The quantitative estimate of drug-likeness (QED) is 0.319. The molecule has 0 aliphatic carbocycles. The van der Waals surface area contributed by atoms with E-state index in [1.165, 1.54) is 19.4 Å². The zero-order valence-corrected chi connectivity index (χ0v) is 15.2. The number of hydrogen-bond donors (Lipinski definition) is 4. The zero-order chi connectivity index (χ0) is 18.8. The number of aliphatic hydroxyl groups excluding tert-OH is 1. The molecule has 0 bridgehead atoms. The Morgan fingerprint density at radius 3 is 2.72 bits per heavy atom. The van der Waals surface area contributed by atoms with Gasteiger partial charge in [0.1, 0.15) is 24.1 Å². The third-order valence-electron chi connectivity index (χ3n) is 3.53. The van der Waals surface area contributed by atoms with Crippen molar-refractivity contribution in [1.82, 2.24) is 9.55 Å². The smallest absolute Gasteiger partial charge is 0.351 e. The van der Waals surface area contributed by atoms with Crippen molar-refractivity contribution in [2.45, 2.75) is 37.8 Å². The lowest BCUT2D eigenvalue weighted by atomic mass is 10.1. The monoisotopic (exact) mass is 397 g/mol. The van der Waals surface area contributed by atoms with Gasteiger partial charge in [0.2, 0.25) is 0 Å². The summed E-state index contributed by atoms with van der Waals surface area (Å²) in [6.07, 6.45) is -3.71. The van der Waals surface area contributed by atoms with Gasteiger partial charge in [-0.25, -0.2) is 4.79 Å². The molecule has 1 aromatic rings. The summed E-state index contributed by atoms with van der Waals surface area (Å²) in [6, 6.07) is 1.38. The van der Waals surface area contributed by atoms with Gasteiger partial charge in [0.05, 0.1) is 6.61 Å². The number of rotatable bonds is 7. The fraction of sp³-hybridized carbons (Fsp3) is 0.667. The lowest BCUT2D eigenvalue weighted by Gasteiger charge is -2.28. The van der Waals surface area contributed by atoms with E-state index in [0.29, 0.717) is 0 Å². The van der Waals surface area contributed by atoms with Crippen LogP contribution in [0.1, 0.15) is 13.2 Å². The molecule has 0 aromatic carbocycles. The van der Waals surface area contributed by atoms with Crippen LogP contribution in [0, 0.1) is 0 Å². The normalized spacial score (nSPS) is 28.2. The average molecular weight is 397 g/mol. The Labute approximate surface area is 148 Å². The highest BCUT2D eigenvalue weighted by Gasteiger charge is 2.49. The number of aromatic nitrogens is 2. The van der Waals surface area contributed by atoms with E-state index in [2.05, 4.69) is 16.8 Å². The maximum atomic E-state index is 12.1. The van der Waals surface area contributed by atoms with Crippen LogP contribution in [0.4, 0.5) is 5.82 Å². The van der Waals surface area contributed by atoms with Crippen LogP contribution in [0.3, 0.4) is 0 Å². The standard InChI is InChI=1S/C12H20N3O8PS/c1-6(20-2)21-10-9(23-24(18,19)25)7(5-16)22-11(10)15-4-3-8(13)14-12(15)17/h3-4,6-7,9-11,16H,5H2,1-2H3,(H2,13,14,17)(H2,18,19,25)/t6?,7-,9-,10-,11-/m1/s1. The van der Waals surface area contributed by atoms with Crippen molar-refractivity contribution >= 4 is 24.3 Å². The van der Waals surface area contributed by atoms with Gasteiger partial charge in [-0.3, -0.25) is 9.09 Å². The van der Waals surface area contributed by atoms with Gasteiger partial charge in [-0.2, -0.15) is 4.98 Å². The first kappa shape index (κ1) is 20.4. The molecule has 11 nitrogen and oxygen atoms in total. The molecule has 25 heavy (non-hydrogen) atoms. The van der Waals surface area contributed by atoms with E-state index in [-0.39, 0.29) is 5.82 Å². The number of hydrogen-bond acceptors (Lipinski definition) is 9. The van der Waals surface area contributed by atoms with Gasteiger partial charge < -0.3 is 34.8 Å². The first-order valence-electron chi connectivity index (χ1n) is 7.19. The minimum atomic E-state index is -4.09. The van der Waals surface area contributed by atoms with Crippen LogP contribution >= 0.6 is 6.72 Å². The molecule has 1 aromatic heterocycles. The summed E-state index contributed by atoms with van der Waals surface area (Å²) in [5.74, 6) is 0.0229. The predicted molar refractivity (Wildman–Crippen MR) is 88.8 cm³/mol. The fourth-order valence-corrected chi connectivity index (χ4v) is 3.28. The Bertz CT molecular complexity index is 697. The summed E-state index contributed by atoms with van der Waals surface area (Å²) in [7, 11) is 1.40. The molecular weight excluding hydrogens is 377 g/mol. The van der Waals surface area contributed by atoms with E-state index in [9.17, 15) is 19.7 Å². The molecule has 1 aliphatic rings. The number of anilines is 1. The van der Waals surface area contributed by atoms with E-state index in [0.717, 1.165) is 4.57 Å². The molecule has 1 saturated heterocycles. The molecule has 1 aliphatic heterocycles. The summed E-state index contributed by atoms with van der Waals surface area (Å²) in [5, 5.41) is 9.52. The van der Waals surface area contributed by atoms with Gasteiger partial charge in [0.25, 0.3) is 0 Å². The number of aliphatic hydroxyl groups is 1. The Balaban J connectivity index is 2.42. The Morgan fingerprint density at radius 1 is 1.52 bits per heavy atom. The molecular formula is C12H20N3O8PS. The van der Waals surface area contributed by atoms with Gasteiger partial charge in [0.15, 0.2) is 12.5 Å². The molecule has 0 spiro atoms. The third-order valence-corrected chi connectivity index (χ3v) is 4.31. The van der Waals surface area contributed by atoms with Crippen molar-refractivity contribution < 1.29 is 33.6 Å². The number of methoxy groups -OCH3 is 1. The summed E-state index contributed by atoms with van der Waals surface area (Å²) in [5.41, 5.74) is 4.76. The molecule has 0 amide bonds. The van der Waals surface area contributed by atoms with Gasteiger partial charge in [-0.05, 0) is 24.8 Å². The van der Waals surface area contributed by atoms with Gasteiger partial charge in [-0.1, -0.05) is 0 Å². The lowest BCUT2D eigenvalue weighted by Crippen LogP contribution is -2.41. The maximum absolute atomic E-state index is 12.1. The topological polar surface area (TPSA) is 159 Å². The van der Waals surface area contributed by atoms with Crippen LogP contribution in [0.2, 0.25) is 0 Å². The van der Waals surface area contributed by atoms with E-state index in [4.69, 9.17) is 24.5 Å². The molecule has 142 valence electrons. The Hall–Kier alpha value is -0.950. The van der Waals surface area contributed by atoms with Crippen LogP contribution in [0.5, 0.6) is 0 Å². The van der Waals surface area contributed by atoms with Crippen LogP contribution in [0.15, 0.2) is 17.1 Å². The second-order valence-corrected chi connectivity index (χ2v) is 7.87. The molecule has 0 saturated carbocycles. The lowest BCUT2D eigenvalue weighted by molar-refractivity contribution is -0.180. The predicted octanol–water partition coefficient (Wildman–Crippen LogP) is -1.31. The molecule has 5 N–H and O–H groups in total. The summed E-state index contributed by atoms with van der Waals surface area (Å²) in [4.78, 5) is 34.7. The first-order chi connectivity index (χ1) is 11.7. The second-order valence-electron chi connectivity index (χ2n) is 5.25. The minimum absolute atomic E-state index is 0.0229. The second kappa shape index (κ2) is 8.16. The summed E-state index contributed by atoms with van der Waals surface area (Å²) >= 11 is 4.49. The Morgan fingerprint density at radius 2 is 2.20 bits per heavy atom. The van der Waals surface area contributed by atoms with Crippen molar-refractivity contribution in [1.29, 1.82) is 0 Å². The highest BCUT2D eigenvalue weighted by Crippen LogP contribution is 2.45. The molecule has 2 heterocycles. The van der Waals surface area contributed by atoms with Crippen molar-refractivity contribution in [3.8, 4) is 0 Å². The molecule has 1 unspecified atom stereocenters. The number of nitrogens with two attached hydrogens (primary N) is 1. The van der Waals surface area contributed by atoms with Crippen LogP contribution in [0.25, 0.3) is 0 Å². The molecule has 0 radical (unpaired) electrons. The van der Waals surface area contributed by atoms with E-state index >= 15 is 0 Å². The van der Waals surface area contributed by atoms with E-state index < -0.39 is 49.8 Å². The minimum Gasteiger partial charge on any atom is -0.394 e. The van der Waals surface area contributed by atoms with Crippen molar-refractivity contribution in [3.63, 3.8) is 0 Å². The van der Waals surface area contributed by atoms with Crippen molar-refractivity contribution in [2.24, 2.45) is 0 Å². The van der Waals surface area contributed by atoms with Crippen LogP contribution in [-0.2, 0) is 30.5 Å². The maximum Gasteiger partial charge on any atom is 0.351 e. The van der Waals surface area contributed by atoms with Gasteiger partial charge in [0, 0.05) is 13.3 Å². The number of nitrogens with zero attached hydrogens (tertiary/aromatic N) is 2. The highest BCUT2D eigenvalue weighted by molar-refractivity contribution is 8.06. The summed E-state index contributed by atoms with van der Waals surface area (Å²) < 4.78 is 22.5.